The highest BCUT2D eigenvalue weighted by molar-refractivity contribution is 5.56. The highest BCUT2D eigenvalue weighted by Gasteiger charge is 2.47. The Kier molecular flexibility index (Phi) is 11.0. The van der Waals surface area contributed by atoms with Crippen LogP contribution in [0, 0.1) is 0 Å². The molecule has 4 aliphatic rings. The summed E-state index contributed by atoms with van der Waals surface area (Å²) in [6, 6.07) is 40.4. The summed E-state index contributed by atoms with van der Waals surface area (Å²) in [4.78, 5) is 18.5. The average Bonchev–Trinajstić information content (AvgIpc) is 3.74. The molecule has 2 saturated heterocycles. The Hall–Kier alpha value is -4.76. The molecule has 8 nitrogen and oxygen atoms in total. The van der Waals surface area contributed by atoms with Crippen LogP contribution >= 0.6 is 0 Å². The molecular weight excluding hydrogens is 719 g/mol. The lowest BCUT2D eigenvalue weighted by atomic mass is 9.62. The van der Waals surface area contributed by atoms with E-state index < -0.39 is 5.54 Å². The SMILES string of the molecule is COC[C@H]1CN(C(c2ccccc2)(c2ccccc2)c2ccccc2)CCN1c1nc(OC[C@@H]2CCCN2C(C)C)nc2c1CCC1(CCCc3ccc(O)cc31)C2. The molecule has 9 rings (SSSR count). The minimum Gasteiger partial charge on any atom is -0.508 e. The summed E-state index contributed by atoms with van der Waals surface area (Å²) in [6.45, 7) is 9.17. The first-order valence-electron chi connectivity index (χ1n) is 21.7. The smallest absolute Gasteiger partial charge is 0.318 e. The van der Waals surface area contributed by atoms with Gasteiger partial charge in [-0.2, -0.15) is 9.97 Å². The summed E-state index contributed by atoms with van der Waals surface area (Å²) in [5.74, 6) is 1.35. The lowest BCUT2D eigenvalue weighted by molar-refractivity contribution is 0.0878. The molecule has 1 unspecified atom stereocenters. The fourth-order valence-corrected chi connectivity index (χ4v) is 11.2. The Balaban J connectivity index is 1.12. The highest BCUT2D eigenvalue weighted by Crippen LogP contribution is 2.49. The van der Waals surface area contributed by atoms with Crippen molar-refractivity contribution in [3.63, 3.8) is 0 Å². The second-order valence-corrected chi connectivity index (χ2v) is 17.4. The van der Waals surface area contributed by atoms with Crippen LogP contribution < -0.4 is 9.64 Å². The van der Waals surface area contributed by atoms with E-state index in [0.29, 0.717) is 37.1 Å². The zero-order chi connectivity index (χ0) is 39.7. The molecule has 0 bridgehead atoms. The van der Waals surface area contributed by atoms with Gasteiger partial charge in [-0.25, -0.2) is 0 Å². The monoisotopic (exact) mass is 777 g/mol. The van der Waals surface area contributed by atoms with Gasteiger partial charge in [0.1, 0.15) is 18.2 Å². The molecule has 1 spiro atoms. The number of aromatic hydroxyl groups is 1. The minimum atomic E-state index is -0.517. The Morgan fingerprint density at radius 2 is 1.47 bits per heavy atom. The third kappa shape index (κ3) is 7.07. The number of ether oxygens (including phenoxy) is 2. The van der Waals surface area contributed by atoms with Crippen molar-refractivity contribution in [2.45, 2.75) is 94.3 Å². The fraction of sp³-hybridized carbons (Fsp3) is 0.440. The molecule has 3 heterocycles. The number of hydrogen-bond acceptors (Lipinski definition) is 8. The molecule has 1 N–H and O–H groups in total. The van der Waals surface area contributed by atoms with Gasteiger partial charge in [-0.1, -0.05) is 97.1 Å². The van der Waals surface area contributed by atoms with Crippen molar-refractivity contribution in [1.82, 2.24) is 19.8 Å². The predicted molar refractivity (Wildman–Crippen MR) is 231 cm³/mol. The van der Waals surface area contributed by atoms with Crippen molar-refractivity contribution in [1.29, 1.82) is 0 Å². The van der Waals surface area contributed by atoms with E-state index in [1.54, 1.807) is 0 Å². The Morgan fingerprint density at radius 3 is 2.12 bits per heavy atom. The zero-order valence-electron chi connectivity index (χ0n) is 34.5. The molecule has 2 aliphatic heterocycles. The summed E-state index contributed by atoms with van der Waals surface area (Å²) < 4.78 is 12.8. The summed E-state index contributed by atoms with van der Waals surface area (Å²) >= 11 is 0. The van der Waals surface area contributed by atoms with Gasteiger partial charge in [0.2, 0.25) is 0 Å². The van der Waals surface area contributed by atoms with Crippen molar-refractivity contribution in [3.8, 4) is 11.8 Å². The summed E-state index contributed by atoms with van der Waals surface area (Å²) in [7, 11) is 1.82. The van der Waals surface area contributed by atoms with E-state index in [1.165, 1.54) is 39.8 Å². The highest BCUT2D eigenvalue weighted by atomic mass is 16.5. The van der Waals surface area contributed by atoms with E-state index in [-0.39, 0.29) is 11.5 Å². The number of piperazine rings is 1. The molecule has 8 heteroatoms. The van der Waals surface area contributed by atoms with Gasteiger partial charge in [-0.3, -0.25) is 9.80 Å². The van der Waals surface area contributed by atoms with Gasteiger partial charge in [-0.05, 0) is 112 Å². The largest absolute Gasteiger partial charge is 0.508 e. The van der Waals surface area contributed by atoms with Crippen LogP contribution in [0.1, 0.15) is 85.0 Å². The number of hydrogen-bond donors (Lipinski definition) is 1. The molecule has 2 fully saturated rings. The first-order valence-corrected chi connectivity index (χ1v) is 21.7. The number of anilines is 1. The lowest BCUT2D eigenvalue weighted by Gasteiger charge is -2.52. The molecule has 5 aromatic rings. The van der Waals surface area contributed by atoms with E-state index in [9.17, 15) is 5.11 Å². The van der Waals surface area contributed by atoms with Crippen LogP contribution in [0.4, 0.5) is 5.82 Å². The minimum absolute atomic E-state index is 0.0237. The first-order chi connectivity index (χ1) is 28.4. The third-order valence-electron chi connectivity index (χ3n) is 13.8. The van der Waals surface area contributed by atoms with Crippen LogP contribution in [-0.4, -0.2) is 89.5 Å². The molecule has 0 saturated carbocycles. The summed E-state index contributed by atoms with van der Waals surface area (Å²) in [6.07, 6.45) is 8.32. The summed E-state index contributed by atoms with van der Waals surface area (Å²) in [5, 5.41) is 10.7. The van der Waals surface area contributed by atoms with Crippen LogP contribution in [0.3, 0.4) is 0 Å². The maximum Gasteiger partial charge on any atom is 0.318 e. The third-order valence-corrected chi connectivity index (χ3v) is 13.8. The number of aryl methyl sites for hydroxylation is 1. The van der Waals surface area contributed by atoms with E-state index in [1.807, 2.05) is 19.2 Å². The Morgan fingerprint density at radius 1 is 0.776 bits per heavy atom. The van der Waals surface area contributed by atoms with Crippen LogP contribution in [0.2, 0.25) is 0 Å². The van der Waals surface area contributed by atoms with Crippen molar-refractivity contribution < 1.29 is 14.6 Å². The zero-order valence-corrected chi connectivity index (χ0v) is 34.5. The molecule has 0 amide bonds. The van der Waals surface area contributed by atoms with Crippen molar-refractivity contribution in [3.05, 3.63) is 148 Å². The van der Waals surface area contributed by atoms with Crippen molar-refractivity contribution >= 4 is 5.82 Å². The molecule has 1 aromatic heterocycles. The van der Waals surface area contributed by atoms with Gasteiger partial charge in [0.15, 0.2) is 0 Å². The maximum absolute atomic E-state index is 10.7. The van der Waals surface area contributed by atoms with Crippen LogP contribution in [0.5, 0.6) is 11.8 Å². The van der Waals surface area contributed by atoms with E-state index >= 15 is 0 Å². The Labute approximate surface area is 344 Å². The van der Waals surface area contributed by atoms with E-state index in [2.05, 4.69) is 126 Å². The number of phenolic OH excluding ortho intramolecular Hbond substituents is 1. The van der Waals surface area contributed by atoms with Crippen LogP contribution in [0.25, 0.3) is 0 Å². The normalized spacial score (nSPS) is 22.6. The second-order valence-electron chi connectivity index (χ2n) is 17.4. The van der Waals surface area contributed by atoms with Gasteiger partial charge in [0.05, 0.1) is 23.9 Å². The summed E-state index contributed by atoms with van der Waals surface area (Å²) in [5.41, 5.74) is 8.17. The van der Waals surface area contributed by atoms with Gasteiger partial charge < -0.3 is 19.5 Å². The number of benzene rings is 4. The predicted octanol–water partition coefficient (Wildman–Crippen LogP) is 8.33. The second kappa shape index (κ2) is 16.5. The molecule has 0 radical (unpaired) electrons. The van der Waals surface area contributed by atoms with Gasteiger partial charge in [0, 0.05) is 49.8 Å². The molecule has 58 heavy (non-hydrogen) atoms. The van der Waals surface area contributed by atoms with Crippen LogP contribution in [0.15, 0.2) is 109 Å². The number of methoxy groups -OCH3 is 1. The number of aromatic nitrogens is 2. The number of rotatable bonds is 11. The van der Waals surface area contributed by atoms with Crippen molar-refractivity contribution in [2.24, 2.45) is 0 Å². The van der Waals surface area contributed by atoms with Gasteiger partial charge in [-0.15, -0.1) is 0 Å². The topological polar surface area (TPSA) is 74.2 Å². The quantitative estimate of drug-likeness (QED) is 0.134. The number of likely N-dealkylation sites (tertiary alicyclic amines) is 1. The number of fused-ring (bicyclic) bond motifs is 3. The maximum atomic E-state index is 10.7. The van der Waals surface area contributed by atoms with Crippen molar-refractivity contribution in [2.75, 3.05) is 51.4 Å². The van der Waals surface area contributed by atoms with E-state index in [0.717, 1.165) is 82.6 Å². The number of nitrogens with zero attached hydrogens (tertiary/aromatic N) is 5. The lowest BCUT2D eigenvalue weighted by Crippen LogP contribution is -2.62. The van der Waals surface area contributed by atoms with Crippen LogP contribution in [-0.2, 0) is 35.0 Å². The molecular formula is C50H59N5O3. The standard InChI is InChI=1S/C50H59N5O3/c1-36(2)54-28-14-22-41(54)35-58-48-51-46-32-49(26-13-15-37-23-24-43(56)31-45(37)49)27-25-44(46)47(52-48)55-30-29-53(33-42(55)34-57-3)50(38-16-7-4-8-17-38,39-18-9-5-10-19-39)40-20-11-6-12-21-40/h4-12,16-21,23-24,31,36,41-42,56H,13-15,22,25-30,32-35H2,1-3H3/t41-,42+,49?/m0/s1. The van der Waals surface area contributed by atoms with Gasteiger partial charge in [0.25, 0.3) is 0 Å². The first kappa shape index (κ1) is 38.7. The van der Waals surface area contributed by atoms with Gasteiger partial charge >= 0.3 is 6.01 Å². The molecule has 302 valence electrons. The Bertz CT molecular complexity index is 2070. The molecule has 3 atom stereocenters. The molecule has 4 aromatic carbocycles. The van der Waals surface area contributed by atoms with E-state index in [4.69, 9.17) is 19.4 Å². The average molecular weight is 778 g/mol. The fourth-order valence-electron chi connectivity index (χ4n) is 11.2. The number of phenols is 1. The molecule has 2 aliphatic carbocycles.